The van der Waals surface area contributed by atoms with Gasteiger partial charge in [-0.2, -0.15) is 0 Å². The number of hydrogen-bond donors (Lipinski definition) is 0. The number of hydrogen-bond acceptors (Lipinski definition) is 5. The van der Waals surface area contributed by atoms with Gasteiger partial charge in [-0.15, -0.1) is 0 Å². The fourth-order valence-electron chi connectivity index (χ4n) is 2.89. The molecular formula is C16H21NO4. The molecule has 0 aromatic heterocycles. The molecule has 2 heterocycles. The van der Waals surface area contributed by atoms with E-state index in [9.17, 15) is 4.79 Å². The molecule has 5 nitrogen and oxygen atoms in total. The monoisotopic (exact) mass is 291 g/mol. The lowest BCUT2D eigenvalue weighted by Crippen LogP contribution is -2.51. The highest BCUT2D eigenvalue weighted by Gasteiger charge is 2.37. The third kappa shape index (κ3) is 3.04. The number of para-hydroxylation sites is 1. The summed E-state index contributed by atoms with van der Waals surface area (Å²) < 4.78 is 17.0. The van der Waals surface area contributed by atoms with Gasteiger partial charge in [0.15, 0.2) is 0 Å². The van der Waals surface area contributed by atoms with Crippen LogP contribution in [-0.2, 0) is 14.3 Å². The van der Waals surface area contributed by atoms with Crippen molar-refractivity contribution in [2.24, 2.45) is 0 Å². The lowest BCUT2D eigenvalue weighted by atomic mass is 9.97. The van der Waals surface area contributed by atoms with Gasteiger partial charge in [-0.1, -0.05) is 25.1 Å². The van der Waals surface area contributed by atoms with Gasteiger partial charge in [-0.05, 0) is 6.07 Å². The minimum atomic E-state index is -0.263. The van der Waals surface area contributed by atoms with Gasteiger partial charge in [0.25, 0.3) is 0 Å². The summed E-state index contributed by atoms with van der Waals surface area (Å²) in [7, 11) is 0. The van der Waals surface area contributed by atoms with Crippen LogP contribution >= 0.6 is 0 Å². The minimum absolute atomic E-state index is 0.0549. The number of nitrogens with zero attached hydrogens (tertiary/aromatic N) is 1. The molecule has 2 aliphatic rings. The average molecular weight is 291 g/mol. The van der Waals surface area contributed by atoms with E-state index in [1.165, 1.54) is 0 Å². The predicted molar refractivity (Wildman–Crippen MR) is 77.2 cm³/mol. The van der Waals surface area contributed by atoms with Gasteiger partial charge in [0.2, 0.25) is 0 Å². The number of rotatable bonds is 3. The van der Waals surface area contributed by atoms with E-state index in [1.807, 2.05) is 31.2 Å². The normalized spacial score (nSPS) is 25.8. The molecule has 3 rings (SSSR count). The number of benzene rings is 1. The summed E-state index contributed by atoms with van der Waals surface area (Å²) in [6.45, 7) is 5.47. The third-order valence-electron chi connectivity index (χ3n) is 4.05. The second kappa shape index (κ2) is 6.45. The molecule has 1 aromatic rings. The van der Waals surface area contributed by atoms with E-state index in [4.69, 9.17) is 14.2 Å². The van der Waals surface area contributed by atoms with Crippen molar-refractivity contribution in [3.8, 4) is 5.75 Å². The number of ether oxygens (including phenoxy) is 3. The smallest absolute Gasteiger partial charge is 0.306 e. The summed E-state index contributed by atoms with van der Waals surface area (Å²) in [6, 6.07) is 7.86. The summed E-state index contributed by atoms with van der Waals surface area (Å²) in [6.07, 6.45) is 0.121. The minimum Gasteiger partial charge on any atom is -0.491 e. The van der Waals surface area contributed by atoms with Gasteiger partial charge in [-0.3, -0.25) is 9.69 Å². The quantitative estimate of drug-likeness (QED) is 0.794. The molecule has 0 bridgehead atoms. The molecule has 0 amide bonds. The Morgan fingerprint density at radius 3 is 2.86 bits per heavy atom. The van der Waals surface area contributed by atoms with Crippen molar-refractivity contribution in [1.29, 1.82) is 0 Å². The first kappa shape index (κ1) is 14.4. The highest BCUT2D eigenvalue weighted by Crippen LogP contribution is 2.37. The van der Waals surface area contributed by atoms with Crippen LogP contribution in [-0.4, -0.2) is 49.8 Å². The second-order valence-electron chi connectivity index (χ2n) is 5.33. The summed E-state index contributed by atoms with van der Waals surface area (Å²) in [4.78, 5) is 14.1. The zero-order chi connectivity index (χ0) is 14.7. The lowest BCUT2D eigenvalue weighted by molar-refractivity contribution is -0.156. The maximum atomic E-state index is 11.8. The summed E-state index contributed by atoms with van der Waals surface area (Å²) in [5, 5.41) is 0. The fourth-order valence-corrected chi connectivity index (χ4v) is 2.89. The van der Waals surface area contributed by atoms with Crippen LogP contribution in [0.3, 0.4) is 0 Å². The molecule has 21 heavy (non-hydrogen) atoms. The van der Waals surface area contributed by atoms with Crippen molar-refractivity contribution in [3.05, 3.63) is 29.8 Å². The Bertz CT molecular complexity index is 499. The van der Waals surface area contributed by atoms with E-state index in [1.54, 1.807) is 0 Å². The molecule has 0 spiro atoms. The molecule has 2 unspecified atom stereocenters. The number of morpholine rings is 1. The fraction of sp³-hybridized carbons (Fsp3) is 0.562. The Morgan fingerprint density at radius 1 is 1.33 bits per heavy atom. The van der Waals surface area contributed by atoms with Crippen LogP contribution in [0, 0.1) is 0 Å². The largest absolute Gasteiger partial charge is 0.491 e. The van der Waals surface area contributed by atoms with E-state index in [-0.39, 0.29) is 18.1 Å². The van der Waals surface area contributed by atoms with Crippen LogP contribution in [0.5, 0.6) is 5.75 Å². The van der Waals surface area contributed by atoms with E-state index >= 15 is 0 Å². The lowest BCUT2D eigenvalue weighted by Gasteiger charge is -2.41. The summed E-state index contributed by atoms with van der Waals surface area (Å²) in [5.41, 5.74) is 0.960. The Labute approximate surface area is 124 Å². The first-order valence-electron chi connectivity index (χ1n) is 7.52. The standard InChI is InChI=1S/C16H21NO4/c1-2-15(18)21-16-12-5-3-4-6-14(12)20-11-13(16)17-7-9-19-10-8-17/h3-6,13,16H,2,7-11H2,1H3. The van der Waals surface area contributed by atoms with Crippen LogP contribution in [0.15, 0.2) is 24.3 Å². The van der Waals surface area contributed by atoms with Gasteiger partial charge >= 0.3 is 5.97 Å². The van der Waals surface area contributed by atoms with Gasteiger partial charge < -0.3 is 14.2 Å². The van der Waals surface area contributed by atoms with Crippen molar-refractivity contribution < 1.29 is 19.0 Å². The Kier molecular flexibility index (Phi) is 4.41. The first-order chi connectivity index (χ1) is 10.3. The topological polar surface area (TPSA) is 48.0 Å². The molecule has 114 valence electrons. The predicted octanol–water partition coefficient (Wildman–Crippen LogP) is 1.77. The number of carbonyl (C=O) groups excluding carboxylic acids is 1. The molecule has 1 aromatic carbocycles. The molecule has 2 aliphatic heterocycles. The van der Waals surface area contributed by atoms with Gasteiger partial charge in [0.1, 0.15) is 18.5 Å². The van der Waals surface area contributed by atoms with E-state index < -0.39 is 0 Å². The number of fused-ring (bicyclic) bond motifs is 1. The molecule has 0 aliphatic carbocycles. The summed E-state index contributed by atoms with van der Waals surface area (Å²) >= 11 is 0. The zero-order valence-electron chi connectivity index (χ0n) is 12.3. The van der Waals surface area contributed by atoms with Crippen LogP contribution in [0.2, 0.25) is 0 Å². The van der Waals surface area contributed by atoms with Crippen molar-refractivity contribution in [3.63, 3.8) is 0 Å². The molecule has 2 atom stereocenters. The van der Waals surface area contributed by atoms with Crippen LogP contribution in [0.4, 0.5) is 0 Å². The van der Waals surface area contributed by atoms with Gasteiger partial charge in [-0.25, -0.2) is 0 Å². The van der Waals surface area contributed by atoms with Crippen molar-refractivity contribution in [2.45, 2.75) is 25.5 Å². The van der Waals surface area contributed by atoms with Crippen molar-refractivity contribution in [1.82, 2.24) is 4.90 Å². The number of carbonyl (C=O) groups is 1. The number of esters is 1. The Hall–Kier alpha value is -1.59. The maximum absolute atomic E-state index is 11.8. The van der Waals surface area contributed by atoms with Crippen LogP contribution < -0.4 is 4.74 Å². The average Bonchev–Trinajstić information content (AvgIpc) is 2.56. The van der Waals surface area contributed by atoms with E-state index in [2.05, 4.69) is 4.90 Å². The van der Waals surface area contributed by atoms with Crippen molar-refractivity contribution >= 4 is 5.97 Å². The SMILES string of the molecule is CCC(=O)OC1c2ccccc2OCC1N1CCOCC1. The van der Waals surface area contributed by atoms with E-state index in [0.717, 1.165) is 24.4 Å². The molecule has 0 saturated carbocycles. The molecule has 1 saturated heterocycles. The molecule has 0 radical (unpaired) electrons. The Morgan fingerprint density at radius 2 is 2.10 bits per heavy atom. The highest BCUT2D eigenvalue weighted by molar-refractivity contribution is 5.69. The van der Waals surface area contributed by atoms with Crippen molar-refractivity contribution in [2.75, 3.05) is 32.9 Å². The molecule has 5 heteroatoms. The van der Waals surface area contributed by atoms with Crippen LogP contribution in [0.1, 0.15) is 25.0 Å². The van der Waals surface area contributed by atoms with E-state index in [0.29, 0.717) is 26.2 Å². The highest BCUT2D eigenvalue weighted by atomic mass is 16.6. The summed E-state index contributed by atoms with van der Waals surface area (Å²) in [5.74, 6) is 0.644. The molecule has 0 N–H and O–H groups in total. The second-order valence-corrected chi connectivity index (χ2v) is 5.33. The van der Waals surface area contributed by atoms with Crippen LogP contribution in [0.25, 0.3) is 0 Å². The van der Waals surface area contributed by atoms with Gasteiger partial charge in [0.05, 0.1) is 19.3 Å². The Balaban J connectivity index is 1.86. The first-order valence-corrected chi connectivity index (χ1v) is 7.52. The maximum Gasteiger partial charge on any atom is 0.306 e. The zero-order valence-corrected chi connectivity index (χ0v) is 12.3. The molecular weight excluding hydrogens is 270 g/mol. The molecule has 1 fully saturated rings. The van der Waals surface area contributed by atoms with Gasteiger partial charge in [0, 0.05) is 25.1 Å². The third-order valence-corrected chi connectivity index (χ3v) is 4.05.